The zero-order valence-corrected chi connectivity index (χ0v) is 40.6. The summed E-state index contributed by atoms with van der Waals surface area (Å²) in [6, 6.07) is 103. The molecule has 0 nitrogen and oxygen atoms in total. The highest BCUT2D eigenvalue weighted by Gasteiger charge is 2.36. The average Bonchev–Trinajstić information content (AvgIpc) is 4.11. The Balaban J connectivity index is 0.982. The second kappa shape index (κ2) is 17.0. The van der Waals surface area contributed by atoms with E-state index in [4.69, 9.17) is 0 Å². The van der Waals surface area contributed by atoms with Crippen LogP contribution in [0.1, 0.15) is 0 Å². The molecule has 15 rings (SSSR count). The Labute approximate surface area is 431 Å². The molecule has 0 bridgehead atoms. The van der Waals surface area contributed by atoms with E-state index in [2.05, 4.69) is 279 Å². The zero-order chi connectivity index (χ0) is 48.7. The van der Waals surface area contributed by atoms with Crippen LogP contribution in [-0.2, 0) is 0 Å². The van der Waals surface area contributed by atoms with Crippen molar-refractivity contribution in [1.29, 1.82) is 0 Å². The van der Waals surface area contributed by atoms with E-state index in [0.29, 0.717) is 0 Å². The number of rotatable bonds is 8. The van der Waals surface area contributed by atoms with Gasteiger partial charge in [-0.25, -0.2) is 0 Å². The van der Waals surface area contributed by atoms with Crippen LogP contribution in [0, 0.1) is 0 Å². The van der Waals surface area contributed by atoms with Gasteiger partial charge in [0.25, 0.3) is 0 Å². The molecule has 0 saturated carbocycles. The summed E-state index contributed by atoms with van der Waals surface area (Å²) >= 11 is 0. The maximum atomic E-state index is 2.45. The molecule has 0 heteroatoms. The summed E-state index contributed by atoms with van der Waals surface area (Å²) in [5, 5.41) is 5.18. The zero-order valence-electron chi connectivity index (χ0n) is 40.6. The maximum absolute atomic E-state index is 2.45. The van der Waals surface area contributed by atoms with Crippen molar-refractivity contribution in [2.45, 2.75) is 0 Å². The number of benzene rings is 13. The number of fused-ring (bicyclic) bond motifs is 7. The van der Waals surface area contributed by atoms with Gasteiger partial charge in [-0.2, -0.15) is 0 Å². The third-order valence-electron chi connectivity index (χ3n) is 15.8. The monoisotopic (exact) mass is 934 g/mol. The fourth-order valence-electron chi connectivity index (χ4n) is 12.4. The van der Waals surface area contributed by atoms with Gasteiger partial charge in [0.2, 0.25) is 0 Å². The lowest BCUT2D eigenvalue weighted by atomic mass is 9.82. The minimum atomic E-state index is 1.21. The Bertz CT molecular complexity index is 4030. The summed E-state index contributed by atoms with van der Waals surface area (Å²) in [6.07, 6.45) is 0. The summed E-state index contributed by atoms with van der Waals surface area (Å²) < 4.78 is 0. The first-order valence-corrected chi connectivity index (χ1v) is 25.7. The van der Waals surface area contributed by atoms with Gasteiger partial charge in [-0.1, -0.05) is 279 Å². The summed E-state index contributed by atoms with van der Waals surface area (Å²) in [4.78, 5) is 0. The van der Waals surface area contributed by atoms with Crippen molar-refractivity contribution < 1.29 is 0 Å². The summed E-state index contributed by atoms with van der Waals surface area (Å²) in [5.41, 5.74) is 30.0. The fraction of sp³-hybridized carbons (Fsp3) is 0. The molecule has 74 heavy (non-hydrogen) atoms. The third-order valence-corrected chi connectivity index (χ3v) is 15.8. The van der Waals surface area contributed by atoms with Crippen LogP contribution in [0.25, 0.3) is 155 Å². The van der Waals surface area contributed by atoms with E-state index in [1.165, 1.54) is 155 Å². The van der Waals surface area contributed by atoms with E-state index >= 15 is 0 Å². The van der Waals surface area contributed by atoms with Crippen LogP contribution in [0.3, 0.4) is 0 Å². The first kappa shape index (κ1) is 42.1. The van der Waals surface area contributed by atoms with Crippen LogP contribution >= 0.6 is 0 Å². The molecule has 0 radical (unpaired) electrons. The van der Waals surface area contributed by atoms with Gasteiger partial charge in [-0.3, -0.25) is 0 Å². The van der Waals surface area contributed by atoms with Crippen molar-refractivity contribution >= 4 is 21.5 Å². The molecule has 2 aliphatic rings. The van der Waals surface area contributed by atoms with Gasteiger partial charge in [0.15, 0.2) is 0 Å². The molecule has 0 amide bonds. The second-order valence-electron chi connectivity index (χ2n) is 19.8. The average molecular weight is 935 g/mol. The molecule has 13 aromatic carbocycles. The lowest BCUT2D eigenvalue weighted by molar-refractivity contribution is 1.57. The lowest BCUT2D eigenvalue weighted by Crippen LogP contribution is -1.94. The Morgan fingerprint density at radius 3 is 0.635 bits per heavy atom. The Hall–Kier alpha value is -9.62. The molecule has 0 saturated heterocycles. The molecular formula is C74H46. The van der Waals surface area contributed by atoms with Crippen LogP contribution in [-0.4, -0.2) is 0 Å². The summed E-state index contributed by atoms with van der Waals surface area (Å²) in [5.74, 6) is 0. The quantitative estimate of drug-likeness (QED) is 0.142. The Kier molecular flexibility index (Phi) is 9.68. The van der Waals surface area contributed by atoms with Crippen LogP contribution in [0.15, 0.2) is 279 Å². The van der Waals surface area contributed by atoms with Crippen molar-refractivity contribution in [3.8, 4) is 134 Å². The van der Waals surface area contributed by atoms with Crippen LogP contribution in [0.2, 0.25) is 0 Å². The maximum Gasteiger partial charge on any atom is -0.000740 e. The molecule has 2 aliphatic carbocycles. The van der Waals surface area contributed by atoms with E-state index < -0.39 is 0 Å². The predicted molar refractivity (Wildman–Crippen MR) is 314 cm³/mol. The highest BCUT2D eigenvalue weighted by molar-refractivity contribution is 6.33. The Morgan fingerprint density at radius 1 is 0.122 bits per heavy atom. The van der Waals surface area contributed by atoms with Gasteiger partial charge in [-0.05, 0) is 155 Å². The molecule has 342 valence electrons. The highest BCUT2D eigenvalue weighted by atomic mass is 14.4. The van der Waals surface area contributed by atoms with Gasteiger partial charge < -0.3 is 0 Å². The lowest BCUT2D eigenvalue weighted by Gasteiger charge is -2.21. The highest BCUT2D eigenvalue weighted by Crippen LogP contribution is 2.63. The van der Waals surface area contributed by atoms with E-state index in [1.54, 1.807) is 0 Å². The Morgan fingerprint density at radius 2 is 0.338 bits per heavy atom. The topological polar surface area (TPSA) is 0 Å². The molecule has 0 spiro atoms. The van der Waals surface area contributed by atoms with Crippen molar-refractivity contribution in [3.63, 3.8) is 0 Å². The van der Waals surface area contributed by atoms with Crippen LogP contribution in [0.5, 0.6) is 0 Å². The van der Waals surface area contributed by atoms with Crippen LogP contribution < -0.4 is 0 Å². The molecule has 0 atom stereocenters. The van der Waals surface area contributed by atoms with Crippen molar-refractivity contribution in [1.82, 2.24) is 0 Å². The van der Waals surface area contributed by atoms with E-state index in [9.17, 15) is 0 Å². The third kappa shape index (κ3) is 6.62. The fourth-order valence-corrected chi connectivity index (χ4v) is 12.4. The minimum Gasteiger partial charge on any atom is -0.0622 e. The molecule has 0 aliphatic heterocycles. The molecular weight excluding hydrogens is 889 g/mol. The summed E-state index contributed by atoms with van der Waals surface area (Å²) in [6.45, 7) is 0. The van der Waals surface area contributed by atoms with Crippen molar-refractivity contribution in [2.24, 2.45) is 0 Å². The second-order valence-corrected chi connectivity index (χ2v) is 19.8. The molecule has 0 fully saturated rings. The first-order chi connectivity index (χ1) is 36.7. The summed E-state index contributed by atoms with van der Waals surface area (Å²) in [7, 11) is 0. The van der Waals surface area contributed by atoms with Crippen molar-refractivity contribution in [2.75, 3.05) is 0 Å². The van der Waals surface area contributed by atoms with Gasteiger partial charge in [0.1, 0.15) is 0 Å². The van der Waals surface area contributed by atoms with Crippen LogP contribution in [0.4, 0.5) is 0 Å². The van der Waals surface area contributed by atoms with Gasteiger partial charge in [-0.15, -0.1) is 0 Å². The number of hydrogen-bond acceptors (Lipinski definition) is 0. The first-order valence-electron chi connectivity index (χ1n) is 25.7. The molecule has 13 aromatic rings. The molecule has 0 N–H and O–H groups in total. The van der Waals surface area contributed by atoms with E-state index in [1.807, 2.05) is 0 Å². The van der Waals surface area contributed by atoms with Gasteiger partial charge in [0.05, 0.1) is 0 Å². The standard InChI is InChI=1S/C74H46/c1-5-15-47(16-6-1)51-25-33-55(34-26-51)59-41-42-60(56-35-27-52(28-36-56)48-17-7-2-8-18-48)70-64-44-46-66-72-65(45-43-63(69(59)70)71(64)72)73-67(57-37-29-53(30-38-57)49-19-9-3-10-20-49)61-23-13-14-24-62(61)68(74(66)73)58-39-31-54(32-40-58)50-21-11-4-12-22-50/h1-46H. The van der Waals surface area contributed by atoms with E-state index in [0.717, 1.165) is 0 Å². The van der Waals surface area contributed by atoms with Crippen molar-refractivity contribution in [3.05, 3.63) is 279 Å². The SMILES string of the molecule is c1ccc(-c2ccc(-c3ccc(-c4ccc(-c5ccccc5)cc4)c4c3-c3ccc5c6c(ccc-4c36)-c3c-5c(-c4ccc(-c5ccccc5)cc4)c4ccccc4c3-c3ccc(-c4ccccc4)cc3)cc2)cc1. The normalized spacial score (nSPS) is 11.8. The number of hydrogen-bond donors (Lipinski definition) is 0. The smallest absolute Gasteiger partial charge is 0.000740 e. The molecule has 0 aromatic heterocycles. The van der Waals surface area contributed by atoms with E-state index in [-0.39, 0.29) is 0 Å². The molecule has 0 heterocycles. The van der Waals surface area contributed by atoms with Gasteiger partial charge >= 0.3 is 0 Å². The molecule has 0 unspecified atom stereocenters. The largest absolute Gasteiger partial charge is 0.0622 e. The van der Waals surface area contributed by atoms with Gasteiger partial charge in [0, 0.05) is 0 Å². The predicted octanol–water partition coefficient (Wildman–Crippen LogP) is 20.6. The minimum absolute atomic E-state index is 1.21.